The number of nitrogens with zero attached hydrogens (tertiary/aromatic N) is 1. The molecule has 1 aromatic carbocycles. The Morgan fingerprint density at radius 2 is 1.75 bits per heavy atom. The highest BCUT2D eigenvalue weighted by atomic mass is 16.7. The maximum absolute atomic E-state index is 12.4. The molecule has 0 aliphatic rings. The third-order valence-corrected chi connectivity index (χ3v) is 4.45. The molecule has 0 aromatic heterocycles. The first-order valence-corrected chi connectivity index (χ1v) is 10.6. The standard InChI is InChI=1S/C23H36N2O7/c1-16(15-18-11-8-9-12-19(18)29-7)25(6)22(28)31-17(2)30-20(26)13-10-14-24-21(27)32-23(3,4)5/h8-9,11-12,16-17H,10,13-15H2,1-7H3,(H,24,27). The molecule has 0 fully saturated rings. The number of methoxy groups -OCH3 is 1. The van der Waals surface area contributed by atoms with Crippen LogP contribution < -0.4 is 10.1 Å². The summed E-state index contributed by atoms with van der Waals surface area (Å²) in [7, 11) is 3.23. The van der Waals surface area contributed by atoms with Crippen LogP contribution in [0, 0.1) is 0 Å². The van der Waals surface area contributed by atoms with Crippen molar-refractivity contribution in [3.63, 3.8) is 0 Å². The van der Waals surface area contributed by atoms with Gasteiger partial charge in [0, 0.05) is 33.0 Å². The van der Waals surface area contributed by atoms with Gasteiger partial charge in [0.25, 0.3) is 0 Å². The Kier molecular flexibility index (Phi) is 10.8. The normalized spacial score (nSPS) is 12.8. The molecule has 1 N–H and O–H groups in total. The Bertz CT molecular complexity index is 761. The molecule has 1 rings (SSSR count). The fourth-order valence-corrected chi connectivity index (χ4v) is 2.74. The van der Waals surface area contributed by atoms with E-state index in [4.69, 9.17) is 18.9 Å². The van der Waals surface area contributed by atoms with E-state index >= 15 is 0 Å². The summed E-state index contributed by atoms with van der Waals surface area (Å²) in [5.74, 6) is 0.227. The van der Waals surface area contributed by atoms with E-state index in [1.165, 1.54) is 11.8 Å². The number of amides is 2. The molecular formula is C23H36N2O7. The fourth-order valence-electron chi connectivity index (χ4n) is 2.74. The first-order chi connectivity index (χ1) is 14.9. The second kappa shape index (κ2) is 12.8. The van der Waals surface area contributed by atoms with Crippen molar-refractivity contribution in [1.29, 1.82) is 0 Å². The third-order valence-electron chi connectivity index (χ3n) is 4.45. The van der Waals surface area contributed by atoms with Gasteiger partial charge in [-0.05, 0) is 52.2 Å². The maximum Gasteiger partial charge on any atom is 0.412 e. The quantitative estimate of drug-likeness (QED) is 0.326. The van der Waals surface area contributed by atoms with Crippen molar-refractivity contribution < 1.29 is 33.3 Å². The molecule has 0 bridgehead atoms. The first-order valence-electron chi connectivity index (χ1n) is 10.6. The van der Waals surface area contributed by atoms with E-state index in [2.05, 4.69) is 5.32 Å². The minimum absolute atomic E-state index is 0.0672. The number of ether oxygens (including phenoxy) is 4. The number of para-hydroxylation sites is 1. The highest BCUT2D eigenvalue weighted by Crippen LogP contribution is 2.20. The van der Waals surface area contributed by atoms with E-state index in [1.54, 1.807) is 34.9 Å². The Balaban J connectivity index is 2.36. The smallest absolute Gasteiger partial charge is 0.412 e. The number of esters is 1. The number of alkyl carbamates (subject to hydrolysis) is 1. The van der Waals surface area contributed by atoms with Crippen LogP contribution in [0.15, 0.2) is 24.3 Å². The fraction of sp³-hybridized carbons (Fsp3) is 0.609. The van der Waals surface area contributed by atoms with E-state index < -0.39 is 30.0 Å². The van der Waals surface area contributed by atoms with E-state index in [0.717, 1.165) is 11.3 Å². The minimum Gasteiger partial charge on any atom is -0.496 e. The van der Waals surface area contributed by atoms with Gasteiger partial charge in [-0.25, -0.2) is 9.59 Å². The monoisotopic (exact) mass is 452 g/mol. The highest BCUT2D eigenvalue weighted by molar-refractivity contribution is 5.71. The largest absolute Gasteiger partial charge is 0.496 e. The van der Waals surface area contributed by atoms with Gasteiger partial charge in [-0.1, -0.05) is 18.2 Å². The van der Waals surface area contributed by atoms with Gasteiger partial charge in [-0.2, -0.15) is 0 Å². The summed E-state index contributed by atoms with van der Waals surface area (Å²) in [6.07, 6.45) is -1.16. The minimum atomic E-state index is -1.03. The molecule has 0 spiro atoms. The summed E-state index contributed by atoms with van der Waals surface area (Å²) in [6.45, 7) is 8.94. The lowest BCUT2D eigenvalue weighted by atomic mass is 10.1. The molecule has 0 aliphatic carbocycles. The zero-order valence-corrected chi connectivity index (χ0v) is 20.1. The van der Waals surface area contributed by atoms with Crippen LogP contribution in [0.25, 0.3) is 0 Å². The third kappa shape index (κ3) is 10.4. The van der Waals surface area contributed by atoms with Crippen molar-refractivity contribution >= 4 is 18.2 Å². The Hall–Kier alpha value is -2.97. The number of hydrogen-bond acceptors (Lipinski definition) is 7. The Labute approximate surface area is 190 Å². The lowest BCUT2D eigenvalue weighted by molar-refractivity contribution is -0.166. The second-order valence-corrected chi connectivity index (χ2v) is 8.45. The van der Waals surface area contributed by atoms with Gasteiger partial charge in [0.05, 0.1) is 7.11 Å². The van der Waals surface area contributed by atoms with Gasteiger partial charge in [0.15, 0.2) is 0 Å². The molecule has 9 nitrogen and oxygen atoms in total. The summed E-state index contributed by atoms with van der Waals surface area (Å²) in [5.41, 5.74) is 0.391. The number of carbonyl (C=O) groups is 3. The molecule has 180 valence electrons. The van der Waals surface area contributed by atoms with Crippen molar-refractivity contribution in [1.82, 2.24) is 10.2 Å². The van der Waals surface area contributed by atoms with Gasteiger partial charge in [-0.15, -0.1) is 0 Å². The van der Waals surface area contributed by atoms with Gasteiger partial charge in [0.1, 0.15) is 11.4 Å². The summed E-state index contributed by atoms with van der Waals surface area (Å²) in [4.78, 5) is 37.3. The van der Waals surface area contributed by atoms with Gasteiger partial charge < -0.3 is 29.2 Å². The molecule has 0 aliphatic heterocycles. The second-order valence-electron chi connectivity index (χ2n) is 8.45. The molecule has 2 amide bonds. The predicted molar refractivity (Wildman–Crippen MR) is 119 cm³/mol. The van der Waals surface area contributed by atoms with Crippen molar-refractivity contribution in [2.75, 3.05) is 20.7 Å². The van der Waals surface area contributed by atoms with Crippen LogP contribution in [-0.2, 0) is 25.4 Å². The molecule has 1 aromatic rings. The molecular weight excluding hydrogens is 416 g/mol. The summed E-state index contributed by atoms with van der Waals surface area (Å²) in [5, 5.41) is 2.57. The first kappa shape index (κ1) is 27.1. The zero-order chi connectivity index (χ0) is 24.3. The average Bonchev–Trinajstić information content (AvgIpc) is 2.69. The lowest BCUT2D eigenvalue weighted by Crippen LogP contribution is -2.39. The van der Waals surface area contributed by atoms with Gasteiger partial charge in [-0.3, -0.25) is 4.79 Å². The average molecular weight is 453 g/mol. The molecule has 32 heavy (non-hydrogen) atoms. The zero-order valence-electron chi connectivity index (χ0n) is 20.1. The van der Waals surface area contributed by atoms with Crippen LogP contribution in [0.5, 0.6) is 5.75 Å². The number of likely N-dealkylation sites (N-methyl/N-ethyl adjacent to an activating group) is 1. The highest BCUT2D eigenvalue weighted by Gasteiger charge is 2.22. The van der Waals surface area contributed by atoms with E-state index in [9.17, 15) is 14.4 Å². The van der Waals surface area contributed by atoms with Crippen molar-refractivity contribution in [3.8, 4) is 5.75 Å². The number of nitrogens with one attached hydrogen (secondary N) is 1. The number of hydrogen-bond donors (Lipinski definition) is 1. The van der Waals surface area contributed by atoms with E-state index in [1.807, 2.05) is 31.2 Å². The van der Waals surface area contributed by atoms with Crippen LogP contribution in [0.2, 0.25) is 0 Å². The van der Waals surface area contributed by atoms with Crippen LogP contribution in [-0.4, -0.2) is 61.7 Å². The van der Waals surface area contributed by atoms with E-state index in [0.29, 0.717) is 12.8 Å². The maximum atomic E-state index is 12.4. The number of carbonyl (C=O) groups excluding carboxylic acids is 3. The molecule has 0 radical (unpaired) electrons. The molecule has 2 atom stereocenters. The Morgan fingerprint density at radius 3 is 2.38 bits per heavy atom. The number of benzene rings is 1. The molecule has 0 saturated carbocycles. The van der Waals surface area contributed by atoms with Crippen LogP contribution in [0.1, 0.15) is 53.0 Å². The van der Waals surface area contributed by atoms with Crippen LogP contribution in [0.3, 0.4) is 0 Å². The summed E-state index contributed by atoms with van der Waals surface area (Å²) < 4.78 is 20.8. The molecule has 9 heteroatoms. The van der Waals surface area contributed by atoms with E-state index in [-0.39, 0.29) is 19.0 Å². The van der Waals surface area contributed by atoms with Crippen LogP contribution in [0.4, 0.5) is 9.59 Å². The van der Waals surface area contributed by atoms with Gasteiger partial charge >= 0.3 is 18.2 Å². The molecule has 0 saturated heterocycles. The predicted octanol–water partition coefficient (Wildman–Crippen LogP) is 3.89. The van der Waals surface area contributed by atoms with Crippen LogP contribution >= 0.6 is 0 Å². The Morgan fingerprint density at radius 1 is 1.09 bits per heavy atom. The molecule has 0 heterocycles. The lowest BCUT2D eigenvalue weighted by Gasteiger charge is -2.26. The topological polar surface area (TPSA) is 103 Å². The van der Waals surface area contributed by atoms with Crippen molar-refractivity contribution in [2.45, 2.75) is 71.8 Å². The van der Waals surface area contributed by atoms with Gasteiger partial charge in [0.2, 0.25) is 6.29 Å². The van der Waals surface area contributed by atoms with Crippen molar-refractivity contribution in [2.24, 2.45) is 0 Å². The molecule has 2 unspecified atom stereocenters. The summed E-state index contributed by atoms with van der Waals surface area (Å²) in [6, 6.07) is 7.43. The number of rotatable bonds is 10. The summed E-state index contributed by atoms with van der Waals surface area (Å²) >= 11 is 0. The van der Waals surface area contributed by atoms with Crippen molar-refractivity contribution in [3.05, 3.63) is 29.8 Å². The SMILES string of the molecule is COc1ccccc1CC(C)N(C)C(=O)OC(C)OC(=O)CCCNC(=O)OC(C)(C)C.